The molecular formula is C64H44N2O. The fraction of sp³-hybridized carbons (Fsp3) is 0. The molecule has 316 valence electrons. The van der Waals surface area contributed by atoms with Crippen molar-refractivity contribution in [2.24, 2.45) is 0 Å². The van der Waals surface area contributed by atoms with E-state index in [0.29, 0.717) is 0 Å². The van der Waals surface area contributed by atoms with Crippen LogP contribution >= 0.6 is 0 Å². The SMILES string of the molecule is c1ccc(-c2ccc(N(c3ccccc3-c3ccccc3)c3ccc4oc5cc6ccccc6cc5c4c3N(c3ccc(-c4ccccc4)cc3)c3ccccc3-c3ccccc3)cc2)cc1. The molecule has 0 aliphatic carbocycles. The molecule has 0 saturated heterocycles. The Labute approximate surface area is 390 Å². The molecule has 3 heteroatoms. The van der Waals surface area contributed by atoms with Gasteiger partial charge in [-0.2, -0.15) is 0 Å². The Morgan fingerprint density at radius 1 is 0.269 bits per heavy atom. The highest BCUT2D eigenvalue weighted by molar-refractivity contribution is 6.20. The van der Waals surface area contributed by atoms with Crippen LogP contribution in [0.2, 0.25) is 0 Å². The summed E-state index contributed by atoms with van der Waals surface area (Å²) >= 11 is 0. The Hall–Kier alpha value is -8.92. The molecule has 67 heavy (non-hydrogen) atoms. The summed E-state index contributed by atoms with van der Waals surface area (Å²) in [5.74, 6) is 0. The lowest BCUT2D eigenvalue weighted by Gasteiger charge is -2.35. The summed E-state index contributed by atoms with van der Waals surface area (Å²) in [5, 5.41) is 4.36. The molecule has 0 spiro atoms. The van der Waals surface area contributed by atoms with E-state index in [1.165, 1.54) is 11.1 Å². The van der Waals surface area contributed by atoms with E-state index in [0.717, 1.165) is 100 Å². The van der Waals surface area contributed by atoms with Gasteiger partial charge >= 0.3 is 0 Å². The van der Waals surface area contributed by atoms with Crippen molar-refractivity contribution < 1.29 is 4.42 Å². The van der Waals surface area contributed by atoms with Gasteiger partial charge in [-0.1, -0.05) is 206 Å². The number of anilines is 6. The van der Waals surface area contributed by atoms with Crippen LogP contribution in [0.25, 0.3) is 77.2 Å². The quantitative estimate of drug-likeness (QED) is 0.137. The number of rotatable bonds is 10. The van der Waals surface area contributed by atoms with Gasteiger partial charge in [0.05, 0.1) is 28.1 Å². The number of fused-ring (bicyclic) bond motifs is 4. The standard InChI is InChI=1S/C64H44N2O/c1-5-19-45(20-6-1)47-33-37-53(38-34-47)65(58-31-17-15-29-55(58)49-23-9-3-10-24-49)60-41-42-61-63(57-43-51-27-13-14-28-52(51)44-62(57)67-61)64(60)66(54-39-35-48(36-40-54)46-21-7-2-8-22-46)59-32-18-16-30-56(59)50-25-11-4-12-26-50/h1-44H. The maximum atomic E-state index is 6.97. The minimum Gasteiger partial charge on any atom is -0.456 e. The van der Waals surface area contributed by atoms with E-state index in [2.05, 4.69) is 277 Å². The average molecular weight is 857 g/mol. The lowest BCUT2D eigenvalue weighted by Crippen LogP contribution is -2.18. The van der Waals surface area contributed by atoms with Crippen LogP contribution in [-0.4, -0.2) is 0 Å². The predicted molar refractivity (Wildman–Crippen MR) is 282 cm³/mol. The van der Waals surface area contributed by atoms with E-state index in [1.54, 1.807) is 0 Å². The molecule has 0 radical (unpaired) electrons. The minimum atomic E-state index is 0.808. The maximum Gasteiger partial charge on any atom is 0.137 e. The summed E-state index contributed by atoms with van der Waals surface area (Å²) in [6.45, 7) is 0. The zero-order valence-electron chi connectivity index (χ0n) is 36.7. The van der Waals surface area contributed by atoms with E-state index in [-0.39, 0.29) is 0 Å². The topological polar surface area (TPSA) is 19.6 Å². The highest BCUT2D eigenvalue weighted by Gasteiger charge is 2.30. The molecule has 0 aliphatic rings. The summed E-state index contributed by atoms with van der Waals surface area (Å²) in [6, 6.07) is 95.7. The lowest BCUT2D eigenvalue weighted by molar-refractivity contribution is 0.669. The first-order valence-corrected chi connectivity index (χ1v) is 22.8. The third-order valence-corrected chi connectivity index (χ3v) is 12.8. The summed E-state index contributed by atoms with van der Waals surface area (Å²) in [4.78, 5) is 4.91. The summed E-state index contributed by atoms with van der Waals surface area (Å²) < 4.78 is 6.97. The van der Waals surface area contributed by atoms with E-state index < -0.39 is 0 Å². The van der Waals surface area contributed by atoms with Crippen molar-refractivity contribution in [2.45, 2.75) is 0 Å². The number of furan rings is 1. The van der Waals surface area contributed by atoms with Crippen molar-refractivity contribution in [2.75, 3.05) is 9.80 Å². The monoisotopic (exact) mass is 856 g/mol. The second-order valence-electron chi connectivity index (χ2n) is 16.9. The zero-order valence-corrected chi connectivity index (χ0v) is 36.7. The smallest absolute Gasteiger partial charge is 0.137 e. The van der Waals surface area contributed by atoms with Crippen molar-refractivity contribution in [3.63, 3.8) is 0 Å². The summed E-state index contributed by atoms with van der Waals surface area (Å²) in [7, 11) is 0. The van der Waals surface area contributed by atoms with Crippen molar-refractivity contribution in [1.29, 1.82) is 0 Å². The van der Waals surface area contributed by atoms with Gasteiger partial charge in [-0.25, -0.2) is 0 Å². The van der Waals surface area contributed by atoms with Gasteiger partial charge in [0.25, 0.3) is 0 Å². The Kier molecular flexibility index (Phi) is 10.2. The van der Waals surface area contributed by atoms with Gasteiger partial charge in [0.2, 0.25) is 0 Å². The van der Waals surface area contributed by atoms with Crippen molar-refractivity contribution >= 4 is 66.8 Å². The van der Waals surface area contributed by atoms with Crippen LogP contribution in [0.4, 0.5) is 34.1 Å². The van der Waals surface area contributed by atoms with Crippen molar-refractivity contribution in [3.8, 4) is 44.5 Å². The zero-order chi connectivity index (χ0) is 44.5. The molecule has 12 aromatic rings. The third kappa shape index (κ3) is 7.39. The van der Waals surface area contributed by atoms with Crippen molar-refractivity contribution in [3.05, 3.63) is 267 Å². The van der Waals surface area contributed by atoms with Gasteiger partial charge < -0.3 is 14.2 Å². The average Bonchev–Trinajstić information content (AvgIpc) is 3.77. The Bertz CT molecular complexity index is 3660. The highest BCUT2D eigenvalue weighted by Crippen LogP contribution is 2.54. The second-order valence-corrected chi connectivity index (χ2v) is 16.9. The number of benzene rings is 11. The molecule has 0 bridgehead atoms. The Morgan fingerprint density at radius 3 is 1.19 bits per heavy atom. The largest absolute Gasteiger partial charge is 0.456 e. The van der Waals surface area contributed by atoms with E-state index in [9.17, 15) is 0 Å². The highest BCUT2D eigenvalue weighted by atomic mass is 16.3. The van der Waals surface area contributed by atoms with Gasteiger partial charge in [0.1, 0.15) is 11.2 Å². The fourth-order valence-corrected chi connectivity index (χ4v) is 9.66. The molecule has 12 rings (SSSR count). The number of hydrogen-bond donors (Lipinski definition) is 0. The number of hydrogen-bond acceptors (Lipinski definition) is 3. The molecule has 1 aromatic heterocycles. The van der Waals surface area contributed by atoms with Crippen LogP contribution in [-0.2, 0) is 0 Å². The lowest BCUT2D eigenvalue weighted by atomic mass is 9.97. The first-order chi connectivity index (χ1) is 33.2. The normalized spacial score (nSPS) is 11.3. The second kappa shape index (κ2) is 17.2. The first-order valence-electron chi connectivity index (χ1n) is 22.8. The van der Waals surface area contributed by atoms with Crippen LogP contribution in [0.1, 0.15) is 0 Å². The molecule has 1 heterocycles. The summed E-state index contributed by atoms with van der Waals surface area (Å²) in [6.07, 6.45) is 0. The number of para-hydroxylation sites is 2. The van der Waals surface area contributed by atoms with Gasteiger partial charge in [-0.3, -0.25) is 0 Å². The Balaban J connectivity index is 1.21. The molecule has 11 aromatic carbocycles. The first kappa shape index (κ1) is 39.7. The number of nitrogens with zero attached hydrogens (tertiary/aromatic N) is 2. The van der Waals surface area contributed by atoms with Gasteiger partial charge in [0.15, 0.2) is 0 Å². The van der Waals surface area contributed by atoms with Crippen LogP contribution in [0.3, 0.4) is 0 Å². The van der Waals surface area contributed by atoms with E-state index >= 15 is 0 Å². The Morgan fingerprint density at radius 2 is 0.672 bits per heavy atom. The maximum absolute atomic E-state index is 6.97. The van der Waals surface area contributed by atoms with Gasteiger partial charge in [0, 0.05) is 27.9 Å². The van der Waals surface area contributed by atoms with Crippen LogP contribution in [0, 0.1) is 0 Å². The molecule has 0 amide bonds. The van der Waals surface area contributed by atoms with Crippen LogP contribution in [0.15, 0.2) is 271 Å². The third-order valence-electron chi connectivity index (χ3n) is 12.8. The van der Waals surface area contributed by atoms with Gasteiger partial charge in [-0.05, 0) is 105 Å². The molecule has 3 nitrogen and oxygen atoms in total. The predicted octanol–water partition coefficient (Wildman–Crippen LogP) is 18.3. The molecule has 0 fully saturated rings. The van der Waals surface area contributed by atoms with Gasteiger partial charge in [-0.15, -0.1) is 0 Å². The molecule has 0 N–H and O–H groups in total. The molecular weight excluding hydrogens is 813 g/mol. The van der Waals surface area contributed by atoms with E-state index in [4.69, 9.17) is 4.42 Å². The molecule has 0 saturated carbocycles. The molecule has 0 unspecified atom stereocenters. The molecule has 0 atom stereocenters. The molecule has 0 aliphatic heterocycles. The van der Waals surface area contributed by atoms with Crippen LogP contribution in [0.5, 0.6) is 0 Å². The fourth-order valence-electron chi connectivity index (χ4n) is 9.66. The van der Waals surface area contributed by atoms with Crippen LogP contribution < -0.4 is 9.80 Å². The van der Waals surface area contributed by atoms with E-state index in [1.807, 2.05) is 0 Å². The summed E-state index contributed by atoms with van der Waals surface area (Å²) in [5.41, 5.74) is 16.9. The van der Waals surface area contributed by atoms with Crippen molar-refractivity contribution in [1.82, 2.24) is 0 Å². The minimum absolute atomic E-state index is 0.808.